The number of aromatic hydroxyl groups is 1. The highest BCUT2D eigenvalue weighted by Crippen LogP contribution is 2.38. The lowest BCUT2D eigenvalue weighted by molar-refractivity contribution is 0.242. The zero-order chi connectivity index (χ0) is 13.8. The van der Waals surface area contributed by atoms with Gasteiger partial charge in [-0.25, -0.2) is 4.39 Å². The molecule has 1 aliphatic heterocycles. The Hall–Kier alpha value is -0.850. The van der Waals surface area contributed by atoms with Crippen molar-refractivity contribution in [1.29, 1.82) is 0 Å². The van der Waals surface area contributed by atoms with E-state index in [1.165, 1.54) is 13.2 Å². The first kappa shape index (κ1) is 14.6. The van der Waals surface area contributed by atoms with E-state index in [0.29, 0.717) is 10.9 Å². The third-order valence-electron chi connectivity index (χ3n) is 3.35. The first-order chi connectivity index (χ1) is 9.13. The molecule has 0 unspecified atom stereocenters. The second-order valence-corrected chi connectivity index (χ2v) is 5.40. The molecule has 0 atom stereocenters. The molecule has 0 radical (unpaired) electrons. The Morgan fingerprint density at radius 3 is 2.79 bits per heavy atom. The minimum Gasteiger partial charge on any atom is -0.502 e. The smallest absolute Gasteiger partial charge is 0.194 e. The molecule has 106 valence electrons. The molecule has 19 heavy (non-hydrogen) atoms. The molecule has 0 aromatic heterocycles. The summed E-state index contributed by atoms with van der Waals surface area (Å²) in [6, 6.07) is 1.28. The largest absolute Gasteiger partial charge is 0.502 e. The molecule has 1 heterocycles. The molecule has 0 spiro atoms. The molecule has 1 aliphatic rings. The minimum absolute atomic E-state index is 0.224. The Labute approximate surface area is 120 Å². The van der Waals surface area contributed by atoms with Gasteiger partial charge in [0.15, 0.2) is 17.3 Å². The summed E-state index contributed by atoms with van der Waals surface area (Å²) in [7, 11) is 1.44. The second-order valence-electron chi connectivity index (χ2n) is 4.54. The van der Waals surface area contributed by atoms with Crippen LogP contribution in [0.2, 0.25) is 0 Å². The monoisotopic (exact) mass is 332 g/mol. The molecule has 0 aliphatic carbocycles. The summed E-state index contributed by atoms with van der Waals surface area (Å²) >= 11 is 3.34. The molecule has 1 aromatic carbocycles. The van der Waals surface area contributed by atoms with Crippen molar-refractivity contribution in [2.45, 2.75) is 6.42 Å². The number of hydrogen-bond acceptors (Lipinski definition) is 4. The van der Waals surface area contributed by atoms with Crippen LogP contribution in [0.1, 0.15) is 5.56 Å². The Morgan fingerprint density at radius 2 is 2.16 bits per heavy atom. The van der Waals surface area contributed by atoms with E-state index in [1.54, 1.807) is 0 Å². The first-order valence-electron chi connectivity index (χ1n) is 6.30. The van der Waals surface area contributed by atoms with Gasteiger partial charge in [0, 0.05) is 42.8 Å². The molecule has 1 saturated heterocycles. The maximum Gasteiger partial charge on any atom is 0.194 e. The quantitative estimate of drug-likeness (QED) is 0.881. The Morgan fingerprint density at radius 1 is 1.47 bits per heavy atom. The maximum atomic E-state index is 13.4. The second kappa shape index (κ2) is 6.54. The van der Waals surface area contributed by atoms with Gasteiger partial charge in [0.2, 0.25) is 0 Å². The molecule has 2 rings (SSSR count). The summed E-state index contributed by atoms with van der Waals surface area (Å²) in [6.45, 7) is 4.86. The van der Waals surface area contributed by atoms with Crippen LogP contribution in [-0.2, 0) is 6.42 Å². The van der Waals surface area contributed by atoms with Crippen molar-refractivity contribution < 1.29 is 14.2 Å². The lowest BCUT2D eigenvalue weighted by Crippen LogP contribution is -2.44. The summed E-state index contributed by atoms with van der Waals surface area (Å²) in [5.41, 5.74) is 0.805. The third kappa shape index (κ3) is 3.38. The molecule has 2 N–H and O–H groups in total. The molecular formula is C13H18BrFN2O2. The number of halogens is 2. The lowest BCUT2D eigenvalue weighted by atomic mass is 10.1. The third-order valence-corrected chi connectivity index (χ3v) is 4.06. The van der Waals surface area contributed by atoms with E-state index >= 15 is 0 Å². The topological polar surface area (TPSA) is 44.7 Å². The van der Waals surface area contributed by atoms with Gasteiger partial charge < -0.3 is 20.1 Å². The van der Waals surface area contributed by atoms with Crippen LogP contribution in [0.25, 0.3) is 0 Å². The number of hydrogen-bond donors (Lipinski definition) is 2. The average Bonchev–Trinajstić information content (AvgIpc) is 2.42. The fourth-order valence-corrected chi connectivity index (χ4v) is 2.86. The van der Waals surface area contributed by atoms with Crippen LogP contribution in [0.3, 0.4) is 0 Å². The van der Waals surface area contributed by atoms with E-state index in [2.05, 4.69) is 26.1 Å². The van der Waals surface area contributed by atoms with Gasteiger partial charge in [-0.1, -0.05) is 15.9 Å². The Balaban J connectivity index is 2.12. The van der Waals surface area contributed by atoms with Crippen molar-refractivity contribution >= 4 is 15.9 Å². The lowest BCUT2D eigenvalue weighted by Gasteiger charge is -2.27. The van der Waals surface area contributed by atoms with Crippen LogP contribution in [0, 0.1) is 5.82 Å². The molecule has 1 aromatic rings. The summed E-state index contributed by atoms with van der Waals surface area (Å²) in [6.07, 6.45) is 0.706. The van der Waals surface area contributed by atoms with Crippen molar-refractivity contribution in [3.63, 3.8) is 0 Å². The summed E-state index contributed by atoms with van der Waals surface area (Å²) in [5, 5.41) is 13.0. The van der Waals surface area contributed by atoms with Crippen molar-refractivity contribution in [3.8, 4) is 11.5 Å². The summed E-state index contributed by atoms with van der Waals surface area (Å²) < 4.78 is 19.2. The minimum atomic E-state index is -0.672. The van der Waals surface area contributed by atoms with E-state index in [9.17, 15) is 9.50 Å². The van der Waals surface area contributed by atoms with E-state index in [0.717, 1.165) is 38.3 Å². The number of phenols is 1. The van der Waals surface area contributed by atoms with Gasteiger partial charge in [-0.15, -0.1) is 0 Å². The van der Waals surface area contributed by atoms with Crippen molar-refractivity contribution in [2.75, 3.05) is 39.8 Å². The van der Waals surface area contributed by atoms with Gasteiger partial charge in [0.25, 0.3) is 0 Å². The highest BCUT2D eigenvalue weighted by Gasteiger charge is 2.18. The number of phenolic OH excluding ortho intramolecular Hbond substituents is 1. The molecule has 0 bridgehead atoms. The van der Waals surface area contributed by atoms with Gasteiger partial charge in [0.1, 0.15) is 0 Å². The van der Waals surface area contributed by atoms with Crippen LogP contribution in [0.5, 0.6) is 11.5 Å². The van der Waals surface area contributed by atoms with Crippen LogP contribution in [0.4, 0.5) is 4.39 Å². The van der Waals surface area contributed by atoms with E-state index in [-0.39, 0.29) is 5.75 Å². The number of methoxy groups -OCH3 is 1. The highest BCUT2D eigenvalue weighted by atomic mass is 79.9. The van der Waals surface area contributed by atoms with Crippen molar-refractivity contribution in [3.05, 3.63) is 21.9 Å². The molecule has 6 heteroatoms. The van der Waals surface area contributed by atoms with Gasteiger partial charge in [-0.3, -0.25) is 0 Å². The zero-order valence-electron chi connectivity index (χ0n) is 10.9. The molecule has 0 amide bonds. The number of ether oxygens (including phenoxy) is 1. The normalized spacial score (nSPS) is 16.6. The van der Waals surface area contributed by atoms with Crippen molar-refractivity contribution in [1.82, 2.24) is 10.2 Å². The van der Waals surface area contributed by atoms with Crippen molar-refractivity contribution in [2.24, 2.45) is 0 Å². The molecular weight excluding hydrogens is 315 g/mol. The first-order valence-corrected chi connectivity index (χ1v) is 7.09. The Kier molecular flexibility index (Phi) is 5.01. The molecule has 1 fully saturated rings. The number of nitrogens with one attached hydrogen (secondary N) is 1. The average molecular weight is 333 g/mol. The van der Waals surface area contributed by atoms with Gasteiger partial charge in [-0.2, -0.15) is 0 Å². The van der Waals surface area contributed by atoms with Crippen LogP contribution < -0.4 is 10.1 Å². The van der Waals surface area contributed by atoms with Crippen LogP contribution in [-0.4, -0.2) is 49.8 Å². The fourth-order valence-electron chi connectivity index (χ4n) is 2.28. The standard InChI is InChI=1S/C13H18BrFN2O2/c1-19-13-9(10(14)8-11(15)12(13)18)2-5-17-6-3-16-4-7-17/h8,16,18H,2-7H2,1H3. The SMILES string of the molecule is COc1c(O)c(F)cc(Br)c1CCN1CCNCC1. The van der Waals surface area contributed by atoms with Gasteiger partial charge in [-0.05, 0) is 12.5 Å². The number of nitrogens with zero attached hydrogens (tertiary/aromatic N) is 1. The van der Waals surface area contributed by atoms with Crippen LogP contribution in [0.15, 0.2) is 10.5 Å². The Bertz CT molecular complexity index is 451. The summed E-state index contributed by atoms with van der Waals surface area (Å²) in [5.74, 6) is -0.863. The van der Waals surface area contributed by atoms with Crippen LogP contribution >= 0.6 is 15.9 Å². The highest BCUT2D eigenvalue weighted by molar-refractivity contribution is 9.10. The van der Waals surface area contributed by atoms with Gasteiger partial charge in [0.05, 0.1) is 7.11 Å². The predicted octanol–water partition coefficient (Wildman–Crippen LogP) is 1.75. The zero-order valence-corrected chi connectivity index (χ0v) is 12.5. The van der Waals surface area contributed by atoms with E-state index < -0.39 is 11.6 Å². The molecule has 0 saturated carbocycles. The predicted molar refractivity (Wildman–Crippen MR) is 75.3 cm³/mol. The fraction of sp³-hybridized carbons (Fsp3) is 0.538. The van der Waals surface area contributed by atoms with Gasteiger partial charge >= 0.3 is 0 Å². The van der Waals surface area contributed by atoms with E-state index in [4.69, 9.17) is 4.74 Å². The number of piperazine rings is 1. The number of rotatable bonds is 4. The summed E-state index contributed by atoms with van der Waals surface area (Å²) in [4.78, 5) is 2.34. The van der Waals surface area contributed by atoms with E-state index in [1.807, 2.05) is 0 Å². The maximum absolute atomic E-state index is 13.4. The molecule has 4 nitrogen and oxygen atoms in total. The number of benzene rings is 1.